The molecule has 2 aliphatic carbocycles. The Labute approximate surface area is 223 Å². The van der Waals surface area contributed by atoms with Gasteiger partial charge in [0.15, 0.2) is 0 Å². The Morgan fingerprint density at radius 2 is 1.32 bits per heavy atom. The molecule has 0 bridgehead atoms. The Kier molecular flexibility index (Phi) is 6.12. The molecular formula is C32H36N4S. The lowest BCUT2D eigenvalue weighted by atomic mass is 10.0. The summed E-state index contributed by atoms with van der Waals surface area (Å²) in [5.41, 5.74) is 8.60. The van der Waals surface area contributed by atoms with E-state index in [1.54, 1.807) is 0 Å². The van der Waals surface area contributed by atoms with Gasteiger partial charge in [-0.1, -0.05) is 51.2 Å². The first kappa shape index (κ1) is 23.2. The molecule has 0 unspecified atom stereocenters. The van der Waals surface area contributed by atoms with Crippen LogP contribution >= 0.6 is 11.3 Å². The number of imidazole rings is 2. The van der Waals surface area contributed by atoms with E-state index in [9.17, 15) is 0 Å². The van der Waals surface area contributed by atoms with Crippen LogP contribution in [0.5, 0.6) is 0 Å². The van der Waals surface area contributed by atoms with E-state index in [0.29, 0.717) is 11.8 Å². The molecule has 2 saturated carbocycles. The molecule has 0 atom stereocenters. The van der Waals surface area contributed by atoms with Crippen LogP contribution in [-0.4, -0.2) is 19.9 Å². The molecule has 0 saturated heterocycles. The van der Waals surface area contributed by atoms with Crippen molar-refractivity contribution in [2.45, 2.75) is 89.4 Å². The molecule has 2 fully saturated rings. The molecule has 5 heteroatoms. The standard InChI is InChI=1S/C32H36N4S/c1-2-3-8-23-19-29(22-13-15-25-27(17-22)35-31(33-25)20-9-4-5-10-20)37-30(23)24-14-16-26-28(18-24)36-32(34-26)21-11-6-7-12-21/h13-21H,2-12H2,1H3,(H,33,35)(H,34,36). The molecule has 5 aromatic rings. The number of nitrogens with one attached hydrogen (secondary N) is 2. The predicted octanol–water partition coefficient (Wildman–Crippen LogP) is 9.49. The van der Waals surface area contributed by atoms with E-state index in [2.05, 4.69) is 59.4 Å². The van der Waals surface area contributed by atoms with E-state index in [4.69, 9.17) is 9.97 Å². The van der Waals surface area contributed by atoms with E-state index in [0.717, 1.165) is 17.5 Å². The third kappa shape index (κ3) is 4.41. The fourth-order valence-electron chi connectivity index (χ4n) is 6.51. The van der Waals surface area contributed by atoms with Crippen LogP contribution in [0.25, 0.3) is 42.9 Å². The number of hydrogen-bond donors (Lipinski definition) is 2. The van der Waals surface area contributed by atoms with Gasteiger partial charge in [0.1, 0.15) is 11.6 Å². The summed E-state index contributed by atoms with van der Waals surface area (Å²) in [4.78, 5) is 20.0. The third-order valence-electron chi connectivity index (χ3n) is 8.64. The van der Waals surface area contributed by atoms with Gasteiger partial charge >= 0.3 is 0 Å². The zero-order chi connectivity index (χ0) is 24.8. The molecule has 0 radical (unpaired) electrons. The molecule has 2 N–H and O–H groups in total. The minimum atomic E-state index is 0.607. The number of unbranched alkanes of at least 4 members (excludes halogenated alkanes) is 1. The van der Waals surface area contributed by atoms with Crippen molar-refractivity contribution in [2.75, 3.05) is 0 Å². The highest BCUT2D eigenvalue weighted by Gasteiger charge is 2.22. The number of benzene rings is 2. The number of aromatic nitrogens is 4. The number of hydrogen-bond acceptors (Lipinski definition) is 3. The first-order valence-corrected chi connectivity index (χ1v) is 15.2. The minimum absolute atomic E-state index is 0.607. The van der Waals surface area contributed by atoms with Crippen LogP contribution in [-0.2, 0) is 6.42 Å². The SMILES string of the molecule is CCCCc1cc(-c2ccc3nc(C4CCCC4)[nH]c3c2)sc1-c1ccc2nc(C3CCCC3)[nH]c2c1. The monoisotopic (exact) mass is 508 g/mol. The van der Waals surface area contributed by atoms with Gasteiger partial charge in [0.2, 0.25) is 0 Å². The van der Waals surface area contributed by atoms with Crippen LogP contribution < -0.4 is 0 Å². The Bertz CT molecular complexity index is 1540. The van der Waals surface area contributed by atoms with E-state index < -0.39 is 0 Å². The summed E-state index contributed by atoms with van der Waals surface area (Å²) in [5.74, 6) is 3.59. The molecule has 2 aromatic carbocycles. The van der Waals surface area contributed by atoms with E-state index in [1.807, 2.05) is 11.3 Å². The number of nitrogens with zero attached hydrogens (tertiary/aromatic N) is 2. The van der Waals surface area contributed by atoms with E-state index in [1.165, 1.54) is 113 Å². The van der Waals surface area contributed by atoms with Gasteiger partial charge in [0.25, 0.3) is 0 Å². The minimum Gasteiger partial charge on any atom is -0.342 e. The van der Waals surface area contributed by atoms with Gasteiger partial charge in [0, 0.05) is 21.6 Å². The van der Waals surface area contributed by atoms with Crippen molar-refractivity contribution < 1.29 is 0 Å². The zero-order valence-corrected chi connectivity index (χ0v) is 22.6. The Hall–Kier alpha value is -2.92. The average molecular weight is 509 g/mol. The lowest BCUT2D eigenvalue weighted by molar-refractivity contribution is 0.681. The van der Waals surface area contributed by atoms with Gasteiger partial charge < -0.3 is 9.97 Å². The Balaban J connectivity index is 1.24. The van der Waals surface area contributed by atoms with Gasteiger partial charge in [-0.25, -0.2) is 9.97 Å². The summed E-state index contributed by atoms with van der Waals surface area (Å²) in [6.45, 7) is 2.28. The summed E-state index contributed by atoms with van der Waals surface area (Å²) in [6, 6.07) is 16.0. The largest absolute Gasteiger partial charge is 0.342 e. The number of rotatable bonds is 7. The van der Waals surface area contributed by atoms with Gasteiger partial charge in [-0.3, -0.25) is 0 Å². The zero-order valence-electron chi connectivity index (χ0n) is 21.8. The van der Waals surface area contributed by atoms with Gasteiger partial charge in [-0.05, 0) is 85.5 Å². The van der Waals surface area contributed by atoms with Crippen LogP contribution in [0.15, 0.2) is 42.5 Å². The molecule has 4 nitrogen and oxygen atoms in total. The quantitative estimate of drug-likeness (QED) is 0.230. The van der Waals surface area contributed by atoms with Crippen LogP contribution in [0.3, 0.4) is 0 Å². The highest BCUT2D eigenvalue weighted by atomic mass is 32.1. The second kappa shape index (κ2) is 9.75. The fraction of sp³-hybridized carbons (Fsp3) is 0.438. The summed E-state index contributed by atoms with van der Waals surface area (Å²) in [6.07, 6.45) is 13.9. The summed E-state index contributed by atoms with van der Waals surface area (Å²) < 4.78 is 0. The number of aromatic amines is 2. The lowest BCUT2D eigenvalue weighted by Gasteiger charge is -2.04. The summed E-state index contributed by atoms with van der Waals surface area (Å²) in [5, 5.41) is 0. The second-order valence-corrected chi connectivity index (χ2v) is 12.3. The van der Waals surface area contributed by atoms with Gasteiger partial charge in [-0.15, -0.1) is 11.3 Å². The summed E-state index contributed by atoms with van der Waals surface area (Å²) >= 11 is 1.93. The van der Waals surface area contributed by atoms with Crippen molar-refractivity contribution in [3.63, 3.8) is 0 Å². The predicted molar refractivity (Wildman–Crippen MR) is 156 cm³/mol. The van der Waals surface area contributed by atoms with Crippen molar-refractivity contribution in [3.05, 3.63) is 59.7 Å². The van der Waals surface area contributed by atoms with Crippen molar-refractivity contribution in [1.82, 2.24) is 19.9 Å². The van der Waals surface area contributed by atoms with Crippen molar-refractivity contribution in [1.29, 1.82) is 0 Å². The molecule has 190 valence electrons. The normalized spacial score (nSPS) is 17.1. The number of aryl methyl sites for hydroxylation is 1. The third-order valence-corrected chi connectivity index (χ3v) is 9.91. The van der Waals surface area contributed by atoms with Crippen molar-refractivity contribution in [3.8, 4) is 20.9 Å². The number of H-pyrrole nitrogens is 2. The maximum atomic E-state index is 4.95. The van der Waals surface area contributed by atoms with Crippen LogP contribution in [0.2, 0.25) is 0 Å². The molecule has 2 aliphatic rings. The van der Waals surface area contributed by atoms with Crippen LogP contribution in [0.4, 0.5) is 0 Å². The van der Waals surface area contributed by atoms with Crippen LogP contribution in [0, 0.1) is 0 Å². The molecule has 0 aliphatic heterocycles. The second-order valence-electron chi connectivity index (χ2n) is 11.2. The maximum absolute atomic E-state index is 4.95. The smallest absolute Gasteiger partial charge is 0.110 e. The lowest BCUT2D eigenvalue weighted by Crippen LogP contribution is -1.93. The van der Waals surface area contributed by atoms with Gasteiger partial charge in [-0.2, -0.15) is 0 Å². The highest BCUT2D eigenvalue weighted by molar-refractivity contribution is 7.19. The molecule has 7 rings (SSSR count). The van der Waals surface area contributed by atoms with E-state index in [-0.39, 0.29) is 0 Å². The molecule has 0 spiro atoms. The van der Waals surface area contributed by atoms with Crippen molar-refractivity contribution >= 4 is 33.4 Å². The van der Waals surface area contributed by atoms with Crippen LogP contribution in [0.1, 0.15) is 100 Å². The molecule has 0 amide bonds. The first-order valence-electron chi connectivity index (χ1n) is 14.4. The fourth-order valence-corrected chi connectivity index (χ4v) is 7.71. The Morgan fingerprint density at radius 3 is 1.92 bits per heavy atom. The van der Waals surface area contributed by atoms with Gasteiger partial charge in [0.05, 0.1) is 22.1 Å². The Morgan fingerprint density at radius 1 is 0.757 bits per heavy atom. The first-order chi connectivity index (χ1) is 18.2. The molecular weight excluding hydrogens is 472 g/mol. The molecule has 3 heterocycles. The molecule has 3 aromatic heterocycles. The molecule has 37 heavy (non-hydrogen) atoms. The maximum Gasteiger partial charge on any atom is 0.110 e. The number of fused-ring (bicyclic) bond motifs is 2. The summed E-state index contributed by atoms with van der Waals surface area (Å²) in [7, 11) is 0. The average Bonchev–Trinajstić information content (AvgIpc) is 3.74. The van der Waals surface area contributed by atoms with E-state index >= 15 is 0 Å². The highest BCUT2D eigenvalue weighted by Crippen LogP contribution is 2.41. The topological polar surface area (TPSA) is 57.4 Å². The van der Waals surface area contributed by atoms with Crippen molar-refractivity contribution in [2.24, 2.45) is 0 Å². The number of thiophene rings is 1.